The van der Waals surface area contributed by atoms with Gasteiger partial charge in [0.1, 0.15) is 5.76 Å². The van der Waals surface area contributed by atoms with Gasteiger partial charge < -0.3 is 14.3 Å². The van der Waals surface area contributed by atoms with Crippen molar-refractivity contribution in [1.82, 2.24) is 0 Å². The molecule has 1 aromatic heterocycles. The lowest BCUT2D eigenvalue weighted by atomic mass is 10.3. The Bertz CT molecular complexity index is 334. The van der Waals surface area contributed by atoms with Gasteiger partial charge in [0.2, 0.25) is 5.76 Å². The maximum Gasteiger partial charge on any atom is 0.371 e. The van der Waals surface area contributed by atoms with E-state index in [1.807, 2.05) is 6.92 Å². The summed E-state index contributed by atoms with van der Waals surface area (Å²) in [6.07, 6.45) is 0.984. The molecule has 1 atom stereocenters. The summed E-state index contributed by atoms with van der Waals surface area (Å²) >= 11 is 1.73. The number of carboxylic acid groups (broad SMARTS) is 1. The zero-order valence-electron chi connectivity index (χ0n) is 9.43. The summed E-state index contributed by atoms with van der Waals surface area (Å²) in [4.78, 5) is 10.6. The molecule has 16 heavy (non-hydrogen) atoms. The highest BCUT2D eigenvalue weighted by Gasteiger charge is 2.14. The second-order valence-corrected chi connectivity index (χ2v) is 4.82. The van der Waals surface area contributed by atoms with Crippen molar-refractivity contribution in [3.8, 4) is 0 Å². The van der Waals surface area contributed by atoms with E-state index in [1.54, 1.807) is 24.9 Å². The Balaban J connectivity index is 2.40. The predicted octanol–water partition coefficient (Wildman–Crippen LogP) is 2.81. The van der Waals surface area contributed by atoms with Crippen LogP contribution in [0.3, 0.4) is 0 Å². The Hall–Kier alpha value is -0.940. The van der Waals surface area contributed by atoms with E-state index in [1.165, 1.54) is 6.07 Å². The minimum atomic E-state index is -1.03. The standard InChI is InChI=1S/C11H16O4S/c1-8(16-7-3-6-14-2)9-4-5-10(15-9)11(12)13/h4-5,8H,3,6-7H2,1-2H3,(H,12,13). The molecule has 1 rings (SSSR count). The minimum absolute atomic E-state index is 0.000610. The monoisotopic (exact) mass is 244 g/mol. The molecule has 0 aliphatic carbocycles. The van der Waals surface area contributed by atoms with Crippen molar-refractivity contribution < 1.29 is 19.1 Å². The maximum absolute atomic E-state index is 10.6. The third-order valence-electron chi connectivity index (χ3n) is 2.10. The van der Waals surface area contributed by atoms with Crippen molar-refractivity contribution in [2.45, 2.75) is 18.6 Å². The molecule has 0 saturated carbocycles. The number of hydrogen-bond acceptors (Lipinski definition) is 4. The molecular weight excluding hydrogens is 228 g/mol. The first-order valence-electron chi connectivity index (χ1n) is 5.08. The number of ether oxygens (including phenoxy) is 1. The molecule has 0 aliphatic rings. The molecule has 0 aliphatic heterocycles. The van der Waals surface area contributed by atoms with Gasteiger partial charge in [-0.05, 0) is 31.2 Å². The first-order chi connectivity index (χ1) is 7.65. The third-order valence-corrected chi connectivity index (χ3v) is 3.36. The molecule has 1 heterocycles. The Morgan fingerprint density at radius 2 is 2.38 bits per heavy atom. The summed E-state index contributed by atoms with van der Waals surface area (Å²) < 4.78 is 10.2. The molecule has 0 fully saturated rings. The van der Waals surface area contributed by atoms with Crippen LogP contribution in [0.4, 0.5) is 0 Å². The molecule has 1 aromatic rings. The topological polar surface area (TPSA) is 59.7 Å². The van der Waals surface area contributed by atoms with E-state index in [-0.39, 0.29) is 11.0 Å². The lowest BCUT2D eigenvalue weighted by Crippen LogP contribution is -1.94. The Morgan fingerprint density at radius 1 is 1.62 bits per heavy atom. The van der Waals surface area contributed by atoms with Gasteiger partial charge >= 0.3 is 5.97 Å². The fourth-order valence-corrected chi connectivity index (χ4v) is 2.16. The largest absolute Gasteiger partial charge is 0.475 e. The van der Waals surface area contributed by atoms with E-state index in [9.17, 15) is 4.79 Å². The zero-order valence-corrected chi connectivity index (χ0v) is 10.3. The number of rotatable bonds is 7. The number of methoxy groups -OCH3 is 1. The highest BCUT2D eigenvalue weighted by Crippen LogP contribution is 2.29. The Labute approximate surface area is 99.0 Å². The van der Waals surface area contributed by atoms with Gasteiger partial charge in [0, 0.05) is 13.7 Å². The molecule has 0 spiro atoms. The van der Waals surface area contributed by atoms with Gasteiger partial charge in [0.25, 0.3) is 0 Å². The molecule has 90 valence electrons. The van der Waals surface area contributed by atoms with Crippen molar-refractivity contribution in [3.63, 3.8) is 0 Å². The van der Waals surface area contributed by atoms with Crippen LogP contribution in [0, 0.1) is 0 Å². The highest BCUT2D eigenvalue weighted by molar-refractivity contribution is 7.99. The minimum Gasteiger partial charge on any atom is -0.475 e. The number of carbonyl (C=O) groups is 1. The number of thioether (sulfide) groups is 1. The summed E-state index contributed by atoms with van der Waals surface area (Å²) in [5, 5.41) is 8.88. The van der Waals surface area contributed by atoms with Crippen molar-refractivity contribution in [2.24, 2.45) is 0 Å². The first kappa shape index (κ1) is 13.1. The second-order valence-electron chi connectivity index (χ2n) is 3.37. The zero-order chi connectivity index (χ0) is 12.0. The lowest BCUT2D eigenvalue weighted by molar-refractivity contribution is 0.0660. The van der Waals surface area contributed by atoms with E-state index >= 15 is 0 Å². The van der Waals surface area contributed by atoms with Gasteiger partial charge in [0.05, 0.1) is 5.25 Å². The summed E-state index contributed by atoms with van der Waals surface area (Å²) in [7, 11) is 1.68. The SMILES string of the molecule is COCCCSC(C)c1ccc(C(=O)O)o1. The molecule has 0 amide bonds. The van der Waals surface area contributed by atoms with Crippen molar-refractivity contribution in [2.75, 3.05) is 19.5 Å². The summed E-state index contributed by atoms with van der Waals surface area (Å²) in [5.74, 6) is 0.653. The van der Waals surface area contributed by atoms with Crippen LogP contribution in [0.2, 0.25) is 0 Å². The number of aromatic carboxylic acids is 1. The van der Waals surface area contributed by atoms with E-state index in [0.29, 0.717) is 5.76 Å². The van der Waals surface area contributed by atoms with Crippen LogP contribution in [0.25, 0.3) is 0 Å². The maximum atomic E-state index is 10.6. The highest BCUT2D eigenvalue weighted by atomic mass is 32.2. The van der Waals surface area contributed by atoms with Crippen LogP contribution in [-0.2, 0) is 4.74 Å². The second kappa shape index (κ2) is 6.60. The molecule has 0 radical (unpaired) electrons. The van der Waals surface area contributed by atoms with E-state index in [4.69, 9.17) is 14.3 Å². The molecule has 1 N–H and O–H groups in total. The third kappa shape index (κ3) is 3.90. The number of hydrogen-bond donors (Lipinski definition) is 1. The van der Waals surface area contributed by atoms with Crippen LogP contribution in [0.15, 0.2) is 16.5 Å². The molecule has 0 bridgehead atoms. The number of carboxylic acids is 1. The first-order valence-corrected chi connectivity index (χ1v) is 6.13. The summed E-state index contributed by atoms with van der Waals surface area (Å²) in [5.41, 5.74) is 0. The predicted molar refractivity (Wildman–Crippen MR) is 63.0 cm³/mol. The fourth-order valence-electron chi connectivity index (χ4n) is 1.23. The molecule has 4 nitrogen and oxygen atoms in total. The van der Waals surface area contributed by atoms with Crippen LogP contribution in [0.1, 0.15) is 34.9 Å². The average molecular weight is 244 g/mol. The van der Waals surface area contributed by atoms with E-state index in [0.717, 1.165) is 18.8 Å². The van der Waals surface area contributed by atoms with Gasteiger partial charge in [-0.25, -0.2) is 4.79 Å². The van der Waals surface area contributed by atoms with Gasteiger partial charge in [0.15, 0.2) is 0 Å². The van der Waals surface area contributed by atoms with Crippen LogP contribution in [-0.4, -0.2) is 30.5 Å². The molecule has 0 aromatic carbocycles. The van der Waals surface area contributed by atoms with Crippen molar-refractivity contribution in [1.29, 1.82) is 0 Å². The van der Waals surface area contributed by atoms with Gasteiger partial charge in [-0.1, -0.05) is 0 Å². The average Bonchev–Trinajstić information content (AvgIpc) is 2.73. The fraction of sp³-hybridized carbons (Fsp3) is 0.545. The Kier molecular flexibility index (Phi) is 5.42. The van der Waals surface area contributed by atoms with Gasteiger partial charge in [-0.2, -0.15) is 11.8 Å². The summed E-state index contributed by atoms with van der Waals surface area (Å²) in [6.45, 7) is 2.75. The van der Waals surface area contributed by atoms with Gasteiger partial charge in [-0.15, -0.1) is 0 Å². The quantitative estimate of drug-likeness (QED) is 0.747. The number of furan rings is 1. The summed E-state index contributed by atoms with van der Waals surface area (Å²) in [6, 6.07) is 3.21. The smallest absolute Gasteiger partial charge is 0.371 e. The lowest BCUT2D eigenvalue weighted by Gasteiger charge is -2.07. The van der Waals surface area contributed by atoms with Crippen molar-refractivity contribution >= 4 is 17.7 Å². The Morgan fingerprint density at radius 3 is 2.94 bits per heavy atom. The van der Waals surface area contributed by atoms with Crippen LogP contribution in [0.5, 0.6) is 0 Å². The van der Waals surface area contributed by atoms with E-state index in [2.05, 4.69) is 0 Å². The van der Waals surface area contributed by atoms with Crippen LogP contribution >= 0.6 is 11.8 Å². The molecule has 0 saturated heterocycles. The van der Waals surface area contributed by atoms with Crippen LogP contribution < -0.4 is 0 Å². The van der Waals surface area contributed by atoms with Crippen molar-refractivity contribution in [3.05, 3.63) is 23.7 Å². The van der Waals surface area contributed by atoms with Gasteiger partial charge in [-0.3, -0.25) is 0 Å². The normalized spacial score (nSPS) is 12.6. The van der Waals surface area contributed by atoms with E-state index < -0.39 is 5.97 Å². The molecule has 5 heteroatoms. The molecule has 1 unspecified atom stereocenters. The molecular formula is C11H16O4S.